The van der Waals surface area contributed by atoms with Crippen molar-refractivity contribution in [3.63, 3.8) is 0 Å². The molecule has 30 heavy (non-hydrogen) atoms. The second kappa shape index (κ2) is 9.68. The van der Waals surface area contributed by atoms with Crippen LogP contribution in [0.5, 0.6) is 0 Å². The third kappa shape index (κ3) is 5.06. The highest BCUT2D eigenvalue weighted by atomic mass is 32.2. The fourth-order valence-corrected chi connectivity index (χ4v) is 4.00. The van der Waals surface area contributed by atoms with Crippen molar-refractivity contribution < 1.29 is 9.63 Å². The molecule has 7 nitrogen and oxygen atoms in total. The van der Waals surface area contributed by atoms with Crippen LogP contribution in [0.4, 0.5) is 4.79 Å². The number of allylic oxidation sites excluding steroid dienone is 8. The number of carbonyl (C=O) groups is 1. The molecule has 0 unspecified atom stereocenters. The highest BCUT2D eigenvalue weighted by Crippen LogP contribution is 2.43. The first-order valence-corrected chi connectivity index (χ1v) is 11.3. The van der Waals surface area contributed by atoms with E-state index in [1.165, 1.54) is 15.5 Å². The minimum atomic E-state index is -0.228. The number of urea groups is 1. The molecule has 0 aromatic heterocycles. The van der Waals surface area contributed by atoms with Crippen molar-refractivity contribution in [1.82, 2.24) is 20.9 Å². The molecule has 2 amide bonds. The number of hydrogen-bond acceptors (Lipinski definition) is 6. The second-order valence-electron chi connectivity index (χ2n) is 7.50. The van der Waals surface area contributed by atoms with E-state index in [0.717, 1.165) is 41.0 Å². The quantitative estimate of drug-likeness (QED) is 0.454. The van der Waals surface area contributed by atoms with Gasteiger partial charge in [0.15, 0.2) is 0 Å². The third-order valence-corrected chi connectivity index (χ3v) is 6.48. The number of thioether (sulfide) groups is 1. The maximum atomic E-state index is 12.6. The highest BCUT2D eigenvalue weighted by Gasteiger charge is 2.33. The second-order valence-corrected chi connectivity index (χ2v) is 8.43. The number of amides is 2. The van der Waals surface area contributed by atoms with Crippen molar-refractivity contribution in [2.75, 3.05) is 34.0 Å². The number of rotatable bonds is 8. The van der Waals surface area contributed by atoms with Crippen LogP contribution in [0.1, 0.15) is 26.7 Å². The fraction of sp³-hybridized carbons (Fsp3) is 0.455. The Morgan fingerprint density at radius 1 is 1.37 bits per heavy atom. The molecule has 0 aromatic rings. The first kappa shape index (κ1) is 22.4. The van der Waals surface area contributed by atoms with Crippen molar-refractivity contribution in [2.24, 2.45) is 11.1 Å². The van der Waals surface area contributed by atoms with Crippen LogP contribution in [0.15, 0.2) is 62.4 Å². The molecule has 2 N–H and O–H groups in total. The molecule has 0 radical (unpaired) electrons. The van der Waals surface area contributed by atoms with E-state index in [9.17, 15) is 4.79 Å². The van der Waals surface area contributed by atoms with E-state index < -0.39 is 0 Å². The minimum Gasteiger partial charge on any atom is -0.391 e. The van der Waals surface area contributed by atoms with Gasteiger partial charge in [-0.15, -0.1) is 11.8 Å². The summed E-state index contributed by atoms with van der Waals surface area (Å²) in [4.78, 5) is 19.7. The molecule has 0 saturated carbocycles. The monoisotopic (exact) mass is 429 g/mol. The predicted molar refractivity (Wildman–Crippen MR) is 123 cm³/mol. The smallest absolute Gasteiger partial charge is 0.337 e. The molecule has 0 heterocycles. The normalized spacial score (nSPS) is 20.8. The standard InChI is InChI=1S/C22H31N5O2S/c1-14-19-11-17(19)12-21(24-22(28)26(4)27(5)23-3)20(14)13-29-25-15(2)16-8-7-9-18(10-16)30-6/h8,10-12,17,23H,7,9,13H2,1-6H3,(H,24,28)/b25-15+/t17-/m0/s1. The van der Waals surface area contributed by atoms with Gasteiger partial charge in [0.05, 0.1) is 5.71 Å². The molecule has 0 aromatic carbocycles. The summed E-state index contributed by atoms with van der Waals surface area (Å²) in [6.07, 6.45) is 12.9. The predicted octanol–water partition coefficient (Wildman–Crippen LogP) is 3.74. The molecule has 1 atom stereocenters. The molecule has 0 aliphatic heterocycles. The van der Waals surface area contributed by atoms with E-state index in [2.05, 4.69) is 53.4 Å². The topological polar surface area (TPSA) is 69.2 Å². The van der Waals surface area contributed by atoms with E-state index >= 15 is 0 Å². The molecule has 3 aliphatic rings. The lowest BCUT2D eigenvalue weighted by molar-refractivity contribution is 0.0237. The van der Waals surface area contributed by atoms with E-state index in [0.29, 0.717) is 12.5 Å². The number of nitrogens with zero attached hydrogens (tertiary/aromatic N) is 3. The number of hydrazine groups is 2. The summed E-state index contributed by atoms with van der Waals surface area (Å²) in [5.74, 6) is 0.309. The van der Waals surface area contributed by atoms with E-state index in [4.69, 9.17) is 4.84 Å². The van der Waals surface area contributed by atoms with Crippen molar-refractivity contribution in [3.05, 3.63) is 57.2 Å². The van der Waals surface area contributed by atoms with Gasteiger partial charge in [-0.3, -0.25) is 0 Å². The molecule has 3 rings (SSSR count). The van der Waals surface area contributed by atoms with Gasteiger partial charge < -0.3 is 10.2 Å². The Kier molecular flexibility index (Phi) is 7.23. The van der Waals surface area contributed by atoms with Crippen molar-refractivity contribution in [3.8, 4) is 0 Å². The lowest BCUT2D eigenvalue weighted by atomic mass is 9.96. The zero-order chi connectivity index (χ0) is 21.8. The van der Waals surface area contributed by atoms with Crippen LogP contribution in [0, 0.1) is 5.92 Å². The first-order valence-electron chi connectivity index (χ1n) is 10.1. The van der Waals surface area contributed by atoms with Gasteiger partial charge >= 0.3 is 6.03 Å². The van der Waals surface area contributed by atoms with Gasteiger partial charge in [0, 0.05) is 38.3 Å². The van der Waals surface area contributed by atoms with Crippen molar-refractivity contribution in [2.45, 2.75) is 26.7 Å². The number of fused-ring (bicyclic) bond motifs is 1. The van der Waals surface area contributed by atoms with E-state index in [1.807, 2.05) is 6.92 Å². The fourth-order valence-electron chi connectivity index (χ4n) is 3.43. The van der Waals surface area contributed by atoms with Crippen LogP contribution in [-0.2, 0) is 4.84 Å². The van der Waals surface area contributed by atoms with Crippen LogP contribution >= 0.6 is 11.8 Å². The Balaban J connectivity index is 1.67. The van der Waals surface area contributed by atoms with Gasteiger partial charge in [-0.25, -0.2) is 15.2 Å². The average molecular weight is 430 g/mol. The van der Waals surface area contributed by atoms with Gasteiger partial charge in [0.1, 0.15) is 6.61 Å². The van der Waals surface area contributed by atoms with Gasteiger partial charge in [-0.1, -0.05) is 17.3 Å². The number of carbonyl (C=O) groups excluding carboxylic acids is 1. The Bertz CT molecular complexity index is 897. The zero-order valence-corrected chi connectivity index (χ0v) is 19.4. The molecule has 8 heteroatoms. The first-order chi connectivity index (χ1) is 14.3. The molecular weight excluding hydrogens is 398 g/mol. The molecule has 0 spiro atoms. The summed E-state index contributed by atoms with van der Waals surface area (Å²) in [6.45, 7) is 4.34. The molecule has 3 aliphatic carbocycles. The van der Waals surface area contributed by atoms with Gasteiger partial charge in [0.25, 0.3) is 0 Å². The van der Waals surface area contributed by atoms with E-state index in [1.54, 1.807) is 38.0 Å². The van der Waals surface area contributed by atoms with Gasteiger partial charge in [0.2, 0.25) is 0 Å². The number of nitrogens with one attached hydrogen (secondary N) is 2. The van der Waals surface area contributed by atoms with Crippen LogP contribution < -0.4 is 10.7 Å². The Morgan fingerprint density at radius 3 is 2.83 bits per heavy atom. The molecular formula is C22H31N5O2S. The van der Waals surface area contributed by atoms with Gasteiger partial charge in [-0.2, -0.15) is 5.12 Å². The Labute approximate surface area is 183 Å². The summed E-state index contributed by atoms with van der Waals surface area (Å²) in [5.41, 5.74) is 9.08. The van der Waals surface area contributed by atoms with Crippen LogP contribution in [0.25, 0.3) is 0 Å². The molecule has 162 valence electrons. The summed E-state index contributed by atoms with van der Waals surface area (Å²) in [5, 5.41) is 10.4. The summed E-state index contributed by atoms with van der Waals surface area (Å²) in [7, 11) is 5.23. The zero-order valence-electron chi connectivity index (χ0n) is 18.6. The van der Waals surface area contributed by atoms with Crippen LogP contribution in [0.2, 0.25) is 0 Å². The average Bonchev–Trinajstić information content (AvgIpc) is 3.54. The highest BCUT2D eigenvalue weighted by molar-refractivity contribution is 8.02. The maximum absolute atomic E-state index is 12.6. The lowest BCUT2D eigenvalue weighted by Gasteiger charge is -2.28. The largest absolute Gasteiger partial charge is 0.391 e. The third-order valence-electron chi connectivity index (χ3n) is 5.64. The summed E-state index contributed by atoms with van der Waals surface area (Å²) < 4.78 is 0. The van der Waals surface area contributed by atoms with Gasteiger partial charge in [-0.05, 0) is 66.7 Å². The Morgan fingerprint density at radius 2 is 2.13 bits per heavy atom. The minimum absolute atomic E-state index is 0.228. The van der Waals surface area contributed by atoms with Crippen LogP contribution in [0.3, 0.4) is 0 Å². The number of oxime groups is 1. The lowest BCUT2D eigenvalue weighted by Crippen LogP contribution is -2.51. The summed E-state index contributed by atoms with van der Waals surface area (Å²) in [6, 6.07) is -0.228. The molecule has 0 fully saturated rings. The molecule has 0 saturated heterocycles. The van der Waals surface area contributed by atoms with E-state index in [-0.39, 0.29) is 6.03 Å². The van der Waals surface area contributed by atoms with Crippen molar-refractivity contribution >= 4 is 23.5 Å². The maximum Gasteiger partial charge on any atom is 0.337 e. The van der Waals surface area contributed by atoms with Crippen molar-refractivity contribution in [1.29, 1.82) is 0 Å². The SMILES string of the molecule is CNN(C)N(C)C(=O)NC1=C[C@@H]2C=C2C(C)=C1CO/N=C(\C)C1=CCCC(SC)=C1. The van der Waals surface area contributed by atoms with Crippen LogP contribution in [-0.4, -0.2) is 55.9 Å². The Hall–Kier alpha value is -2.29. The number of hydrogen-bond donors (Lipinski definition) is 2. The molecule has 0 bridgehead atoms. The summed E-state index contributed by atoms with van der Waals surface area (Å²) >= 11 is 1.78.